The first-order valence-electron chi connectivity index (χ1n) is 9.50. The van der Waals surface area contributed by atoms with Gasteiger partial charge in [-0.3, -0.25) is 0 Å². The van der Waals surface area contributed by atoms with E-state index in [0.29, 0.717) is 0 Å². The third kappa shape index (κ3) is 2.01. The zero-order chi connectivity index (χ0) is 18.0. The van der Waals surface area contributed by atoms with E-state index in [-0.39, 0.29) is 0 Å². The van der Waals surface area contributed by atoms with E-state index in [1.54, 1.807) is 6.26 Å². The molecule has 2 heteroatoms. The van der Waals surface area contributed by atoms with Crippen molar-refractivity contribution in [3.05, 3.63) is 72.7 Å². The van der Waals surface area contributed by atoms with Crippen LogP contribution in [0.3, 0.4) is 0 Å². The van der Waals surface area contributed by atoms with E-state index < -0.39 is 0 Å². The molecule has 0 unspecified atom stereocenters. The highest BCUT2D eigenvalue weighted by Gasteiger charge is 2.12. The first-order valence-corrected chi connectivity index (χ1v) is 9.50. The highest BCUT2D eigenvalue weighted by Crippen LogP contribution is 2.37. The third-order valence-electron chi connectivity index (χ3n) is 5.64. The minimum atomic E-state index is 0.959. The number of hydrogen-bond donors (Lipinski definition) is 0. The Morgan fingerprint density at radius 3 is 1.96 bits per heavy atom. The number of benzene rings is 4. The molecular formula is C25H18O2. The zero-order valence-electron chi connectivity index (χ0n) is 15.1. The number of aryl methyl sites for hydroxylation is 1. The lowest BCUT2D eigenvalue weighted by Gasteiger charge is -2.08. The molecule has 0 saturated heterocycles. The van der Waals surface area contributed by atoms with Gasteiger partial charge in [0, 0.05) is 28.0 Å². The van der Waals surface area contributed by atoms with Crippen molar-refractivity contribution in [3.8, 4) is 0 Å². The summed E-state index contributed by atoms with van der Waals surface area (Å²) >= 11 is 0. The SMILES string of the molecule is CCCc1cc2ccc3c4ccc5c(ccc6ccoc65)c4ccc3c2o1. The second-order valence-electron chi connectivity index (χ2n) is 7.27. The molecule has 0 aliphatic carbocycles. The zero-order valence-corrected chi connectivity index (χ0v) is 15.1. The van der Waals surface area contributed by atoms with E-state index in [1.807, 2.05) is 6.07 Å². The van der Waals surface area contributed by atoms with Crippen LogP contribution in [0.1, 0.15) is 19.1 Å². The summed E-state index contributed by atoms with van der Waals surface area (Å²) in [6.07, 6.45) is 3.83. The van der Waals surface area contributed by atoms with Crippen LogP contribution in [0.2, 0.25) is 0 Å². The van der Waals surface area contributed by atoms with Gasteiger partial charge in [0.05, 0.1) is 6.26 Å². The molecule has 0 saturated carbocycles. The molecule has 4 aromatic carbocycles. The number of fused-ring (bicyclic) bond motifs is 9. The molecule has 0 amide bonds. The summed E-state index contributed by atoms with van der Waals surface area (Å²) in [5.41, 5.74) is 1.96. The van der Waals surface area contributed by atoms with Crippen molar-refractivity contribution < 1.29 is 8.83 Å². The molecule has 0 aliphatic rings. The summed E-state index contributed by atoms with van der Waals surface area (Å²) in [4.78, 5) is 0. The largest absolute Gasteiger partial charge is 0.464 e. The number of hydrogen-bond acceptors (Lipinski definition) is 2. The molecule has 0 aliphatic heterocycles. The van der Waals surface area contributed by atoms with Gasteiger partial charge < -0.3 is 8.83 Å². The Hall–Kier alpha value is -3.26. The average molecular weight is 350 g/mol. The molecule has 0 atom stereocenters. The molecule has 0 fully saturated rings. The fourth-order valence-corrected chi connectivity index (χ4v) is 4.39. The molecule has 2 heterocycles. The Labute approximate surface area is 156 Å². The lowest BCUT2D eigenvalue weighted by molar-refractivity contribution is 0.547. The van der Waals surface area contributed by atoms with Crippen molar-refractivity contribution in [3.63, 3.8) is 0 Å². The van der Waals surface area contributed by atoms with E-state index in [0.717, 1.165) is 40.5 Å². The molecule has 6 rings (SSSR count). The summed E-state index contributed by atoms with van der Waals surface area (Å²) in [6, 6.07) is 21.7. The van der Waals surface area contributed by atoms with Gasteiger partial charge in [0.1, 0.15) is 16.9 Å². The van der Waals surface area contributed by atoms with Crippen LogP contribution in [0.5, 0.6) is 0 Å². The van der Waals surface area contributed by atoms with Crippen LogP contribution in [-0.4, -0.2) is 0 Å². The molecule has 0 radical (unpaired) electrons. The molecule has 27 heavy (non-hydrogen) atoms. The standard InChI is InChI=1S/C25H18O2/c1-2-3-17-14-16-5-7-21-19-8-10-22-20(6-4-15-12-13-26-24(15)22)18(19)9-11-23(21)25(16)27-17/h4-14H,2-3H2,1H3. The van der Waals surface area contributed by atoms with E-state index >= 15 is 0 Å². The smallest absolute Gasteiger partial charge is 0.142 e. The summed E-state index contributed by atoms with van der Waals surface area (Å²) < 4.78 is 11.9. The van der Waals surface area contributed by atoms with Crippen LogP contribution in [0.25, 0.3) is 54.3 Å². The molecule has 6 aromatic rings. The molecule has 0 bridgehead atoms. The summed E-state index contributed by atoms with van der Waals surface area (Å²) in [5, 5.41) is 9.63. The van der Waals surface area contributed by atoms with Crippen LogP contribution < -0.4 is 0 Å². The maximum Gasteiger partial charge on any atom is 0.142 e. The van der Waals surface area contributed by atoms with Gasteiger partial charge in [0.15, 0.2) is 0 Å². The molecule has 2 aromatic heterocycles. The average Bonchev–Trinajstić information content (AvgIpc) is 3.33. The minimum absolute atomic E-state index is 0.959. The van der Waals surface area contributed by atoms with Crippen molar-refractivity contribution in [2.45, 2.75) is 19.8 Å². The van der Waals surface area contributed by atoms with Crippen LogP contribution in [0, 0.1) is 0 Å². The predicted octanol–water partition coefficient (Wildman–Crippen LogP) is 7.59. The molecular weight excluding hydrogens is 332 g/mol. The number of furan rings is 2. The quantitative estimate of drug-likeness (QED) is 0.301. The Balaban J connectivity index is 1.73. The van der Waals surface area contributed by atoms with Crippen LogP contribution in [0.4, 0.5) is 0 Å². The second-order valence-corrected chi connectivity index (χ2v) is 7.27. The van der Waals surface area contributed by atoms with Crippen molar-refractivity contribution >= 4 is 54.3 Å². The van der Waals surface area contributed by atoms with Gasteiger partial charge in [-0.1, -0.05) is 43.3 Å². The van der Waals surface area contributed by atoms with Gasteiger partial charge in [-0.05, 0) is 52.2 Å². The normalized spacial score (nSPS) is 12.2. The van der Waals surface area contributed by atoms with Gasteiger partial charge >= 0.3 is 0 Å². The van der Waals surface area contributed by atoms with Crippen molar-refractivity contribution in [1.82, 2.24) is 0 Å². The summed E-state index contributed by atoms with van der Waals surface area (Å²) in [7, 11) is 0. The van der Waals surface area contributed by atoms with E-state index in [9.17, 15) is 0 Å². The lowest BCUT2D eigenvalue weighted by Crippen LogP contribution is -1.82. The topological polar surface area (TPSA) is 26.3 Å². The molecule has 0 N–H and O–H groups in total. The highest BCUT2D eigenvalue weighted by atomic mass is 16.3. The molecule has 2 nitrogen and oxygen atoms in total. The summed E-state index contributed by atoms with van der Waals surface area (Å²) in [6.45, 7) is 2.18. The van der Waals surface area contributed by atoms with Crippen LogP contribution >= 0.6 is 0 Å². The Morgan fingerprint density at radius 2 is 1.22 bits per heavy atom. The van der Waals surface area contributed by atoms with Gasteiger partial charge in [0.2, 0.25) is 0 Å². The fourth-order valence-electron chi connectivity index (χ4n) is 4.39. The first kappa shape index (κ1) is 14.9. The van der Waals surface area contributed by atoms with E-state index in [2.05, 4.69) is 61.5 Å². The Bertz CT molecular complexity index is 1480. The van der Waals surface area contributed by atoms with E-state index in [4.69, 9.17) is 8.83 Å². The van der Waals surface area contributed by atoms with Gasteiger partial charge in [0.25, 0.3) is 0 Å². The van der Waals surface area contributed by atoms with Gasteiger partial charge in [-0.25, -0.2) is 0 Å². The van der Waals surface area contributed by atoms with Crippen molar-refractivity contribution in [2.75, 3.05) is 0 Å². The predicted molar refractivity (Wildman–Crippen MR) is 112 cm³/mol. The highest BCUT2D eigenvalue weighted by molar-refractivity contribution is 6.23. The van der Waals surface area contributed by atoms with Crippen molar-refractivity contribution in [1.29, 1.82) is 0 Å². The van der Waals surface area contributed by atoms with Crippen LogP contribution in [-0.2, 0) is 6.42 Å². The maximum atomic E-state index is 6.19. The van der Waals surface area contributed by atoms with Gasteiger partial charge in [-0.2, -0.15) is 0 Å². The Kier molecular flexibility index (Phi) is 2.96. The van der Waals surface area contributed by atoms with Gasteiger partial charge in [-0.15, -0.1) is 0 Å². The maximum absolute atomic E-state index is 6.19. The lowest BCUT2D eigenvalue weighted by atomic mass is 9.95. The van der Waals surface area contributed by atoms with Crippen molar-refractivity contribution in [2.24, 2.45) is 0 Å². The Morgan fingerprint density at radius 1 is 0.630 bits per heavy atom. The fraction of sp³-hybridized carbons (Fsp3) is 0.120. The van der Waals surface area contributed by atoms with Crippen LogP contribution in [0.15, 0.2) is 75.8 Å². The molecule has 0 spiro atoms. The monoisotopic (exact) mass is 350 g/mol. The number of rotatable bonds is 2. The third-order valence-corrected chi connectivity index (χ3v) is 5.64. The minimum Gasteiger partial charge on any atom is -0.464 e. The first-order chi connectivity index (χ1) is 13.3. The van der Waals surface area contributed by atoms with E-state index in [1.165, 1.54) is 32.3 Å². The molecule has 130 valence electrons. The summed E-state index contributed by atoms with van der Waals surface area (Å²) in [5.74, 6) is 1.07. The second kappa shape index (κ2) is 5.37.